The van der Waals surface area contributed by atoms with E-state index in [1.807, 2.05) is 35.9 Å². The molecule has 1 aliphatic carbocycles. The Hall–Kier alpha value is -2.74. The van der Waals surface area contributed by atoms with Gasteiger partial charge in [0.15, 0.2) is 0 Å². The maximum Gasteiger partial charge on any atom is 0.325 e. The third-order valence-electron chi connectivity index (χ3n) is 5.99. The molecule has 1 spiro atoms. The zero-order valence-electron chi connectivity index (χ0n) is 17.0. The highest BCUT2D eigenvalue weighted by atomic mass is 32.1. The number of hydrogen-bond acceptors (Lipinski definition) is 5. The molecule has 0 radical (unpaired) electrons. The van der Waals surface area contributed by atoms with Gasteiger partial charge in [0.2, 0.25) is 5.91 Å². The van der Waals surface area contributed by atoms with Crippen LogP contribution in [0.25, 0.3) is 0 Å². The summed E-state index contributed by atoms with van der Waals surface area (Å²) >= 11 is 1.60. The van der Waals surface area contributed by atoms with Gasteiger partial charge < -0.3 is 10.6 Å². The van der Waals surface area contributed by atoms with Crippen LogP contribution in [0.5, 0.6) is 0 Å². The van der Waals surface area contributed by atoms with Crippen LogP contribution in [0.1, 0.15) is 55.0 Å². The average molecular weight is 427 g/mol. The highest BCUT2D eigenvalue weighted by Gasteiger charge is 2.51. The van der Waals surface area contributed by atoms with Crippen LogP contribution in [0.2, 0.25) is 0 Å². The predicted octanol–water partition coefficient (Wildman–Crippen LogP) is 3.11. The van der Waals surface area contributed by atoms with Gasteiger partial charge in [-0.3, -0.25) is 19.5 Å². The average Bonchev–Trinajstić information content (AvgIpc) is 3.31. The number of urea groups is 1. The molecule has 2 aromatic rings. The van der Waals surface area contributed by atoms with E-state index in [0.717, 1.165) is 41.0 Å². The molecule has 4 amide bonds. The number of carbonyl (C=O) groups excluding carboxylic acids is 3. The Bertz CT molecular complexity index is 938. The number of carbonyl (C=O) groups is 3. The Kier molecular flexibility index (Phi) is 5.85. The smallest absolute Gasteiger partial charge is 0.325 e. The Morgan fingerprint density at radius 3 is 2.80 bits per heavy atom. The van der Waals surface area contributed by atoms with Crippen LogP contribution >= 0.6 is 11.3 Å². The molecule has 1 unspecified atom stereocenters. The minimum absolute atomic E-state index is 0.272. The van der Waals surface area contributed by atoms with Gasteiger partial charge in [0.25, 0.3) is 5.91 Å². The van der Waals surface area contributed by atoms with Crippen molar-refractivity contribution in [2.45, 2.75) is 57.0 Å². The molecule has 2 aliphatic rings. The molecule has 0 bridgehead atoms. The van der Waals surface area contributed by atoms with E-state index in [1.165, 1.54) is 0 Å². The Labute approximate surface area is 179 Å². The van der Waals surface area contributed by atoms with E-state index < -0.39 is 11.6 Å². The zero-order chi connectivity index (χ0) is 21.1. The van der Waals surface area contributed by atoms with Crippen molar-refractivity contribution in [2.75, 3.05) is 6.54 Å². The summed E-state index contributed by atoms with van der Waals surface area (Å²) in [7, 11) is 0. The number of pyridine rings is 1. The van der Waals surface area contributed by atoms with Gasteiger partial charge in [-0.2, -0.15) is 11.3 Å². The fourth-order valence-corrected chi connectivity index (χ4v) is 5.10. The maximum absolute atomic E-state index is 12.9. The van der Waals surface area contributed by atoms with Crippen molar-refractivity contribution in [3.05, 3.63) is 52.0 Å². The second kappa shape index (κ2) is 8.55. The number of nitrogens with zero attached hydrogens (tertiary/aromatic N) is 2. The Morgan fingerprint density at radius 2 is 2.10 bits per heavy atom. The Balaban J connectivity index is 1.48. The minimum atomic E-state index is -0.816. The molecule has 8 heteroatoms. The molecule has 2 fully saturated rings. The molecule has 4 rings (SSSR count). The first-order valence-corrected chi connectivity index (χ1v) is 11.3. The molecule has 1 saturated heterocycles. The largest absolute Gasteiger partial charge is 0.346 e. The lowest BCUT2D eigenvalue weighted by molar-refractivity contribution is -0.136. The first-order valence-electron chi connectivity index (χ1n) is 10.3. The first-order chi connectivity index (χ1) is 14.5. The lowest BCUT2D eigenvalue weighted by Gasteiger charge is -2.30. The summed E-state index contributed by atoms with van der Waals surface area (Å²) in [5, 5.41) is 9.89. The molecule has 7 nitrogen and oxygen atoms in total. The lowest BCUT2D eigenvalue weighted by Crippen LogP contribution is -2.49. The van der Waals surface area contributed by atoms with Gasteiger partial charge in [-0.1, -0.05) is 25.3 Å². The van der Waals surface area contributed by atoms with Gasteiger partial charge in [-0.15, -0.1) is 0 Å². The van der Waals surface area contributed by atoms with E-state index in [4.69, 9.17) is 0 Å². The van der Waals surface area contributed by atoms with E-state index in [-0.39, 0.29) is 24.4 Å². The summed E-state index contributed by atoms with van der Waals surface area (Å²) in [6.07, 6.45) is 6.48. The van der Waals surface area contributed by atoms with Crippen molar-refractivity contribution in [3.63, 3.8) is 0 Å². The van der Waals surface area contributed by atoms with Crippen molar-refractivity contribution in [1.82, 2.24) is 20.5 Å². The molecular formula is C22H26N4O3S. The van der Waals surface area contributed by atoms with Crippen molar-refractivity contribution in [3.8, 4) is 0 Å². The summed E-state index contributed by atoms with van der Waals surface area (Å²) in [6, 6.07) is 5.03. The number of hydrogen-bond donors (Lipinski definition) is 2. The van der Waals surface area contributed by atoms with Crippen LogP contribution in [0.4, 0.5) is 4.79 Å². The van der Waals surface area contributed by atoms with Crippen LogP contribution < -0.4 is 10.6 Å². The summed E-state index contributed by atoms with van der Waals surface area (Å²) in [5.41, 5.74) is 2.06. The van der Waals surface area contributed by atoms with Crippen molar-refractivity contribution in [2.24, 2.45) is 0 Å². The molecule has 2 N–H and O–H groups in total. The van der Waals surface area contributed by atoms with Crippen LogP contribution in [-0.2, 0) is 16.0 Å². The quantitative estimate of drug-likeness (QED) is 0.695. The van der Waals surface area contributed by atoms with Crippen LogP contribution in [0.3, 0.4) is 0 Å². The molecule has 30 heavy (non-hydrogen) atoms. The monoisotopic (exact) mass is 426 g/mol. The Morgan fingerprint density at radius 1 is 1.30 bits per heavy atom. The summed E-state index contributed by atoms with van der Waals surface area (Å²) in [5.74, 6) is -0.637. The first kappa shape index (κ1) is 20.5. The molecule has 1 saturated carbocycles. The topological polar surface area (TPSA) is 91.4 Å². The van der Waals surface area contributed by atoms with E-state index in [1.54, 1.807) is 17.5 Å². The second-order valence-electron chi connectivity index (χ2n) is 8.13. The SMILES string of the molecule is Cc1cccnc1C(Cc1ccsc1)NC(=O)CN1C(=O)NC2(CCCCC2)C1=O. The van der Waals surface area contributed by atoms with Gasteiger partial charge in [0.1, 0.15) is 12.1 Å². The number of aromatic nitrogens is 1. The fourth-order valence-electron chi connectivity index (χ4n) is 4.42. The normalized spacial score (nSPS) is 19.0. The maximum atomic E-state index is 12.9. The van der Waals surface area contributed by atoms with Gasteiger partial charge in [0, 0.05) is 6.20 Å². The van der Waals surface area contributed by atoms with E-state index in [0.29, 0.717) is 19.3 Å². The van der Waals surface area contributed by atoms with Crippen LogP contribution in [0.15, 0.2) is 35.2 Å². The van der Waals surface area contributed by atoms with Crippen molar-refractivity contribution >= 4 is 29.2 Å². The number of amides is 4. The second-order valence-corrected chi connectivity index (χ2v) is 8.91. The number of rotatable bonds is 6. The minimum Gasteiger partial charge on any atom is -0.346 e. The highest BCUT2D eigenvalue weighted by molar-refractivity contribution is 7.07. The summed E-state index contributed by atoms with van der Waals surface area (Å²) in [4.78, 5) is 43.8. The standard InChI is InChI=1S/C22H26N4O3S/c1-15-6-5-10-23-19(15)17(12-16-7-11-30-14-16)24-18(27)13-26-20(28)22(25-21(26)29)8-3-2-4-9-22/h5-7,10-11,14,17H,2-4,8-9,12-13H2,1H3,(H,24,27)(H,25,29). The molecule has 0 aromatic carbocycles. The van der Waals surface area contributed by atoms with Gasteiger partial charge in [-0.05, 0) is 60.2 Å². The third kappa shape index (κ3) is 4.09. The van der Waals surface area contributed by atoms with Gasteiger partial charge >= 0.3 is 6.03 Å². The highest BCUT2D eigenvalue weighted by Crippen LogP contribution is 2.33. The van der Waals surface area contributed by atoms with Gasteiger partial charge in [0.05, 0.1) is 11.7 Å². The molecular weight excluding hydrogens is 400 g/mol. The predicted molar refractivity (Wildman–Crippen MR) is 114 cm³/mol. The van der Waals surface area contributed by atoms with Crippen molar-refractivity contribution < 1.29 is 14.4 Å². The molecule has 158 valence electrons. The molecule has 1 aliphatic heterocycles. The lowest BCUT2D eigenvalue weighted by atomic mass is 9.82. The number of thiophene rings is 1. The third-order valence-corrected chi connectivity index (χ3v) is 6.72. The fraction of sp³-hybridized carbons (Fsp3) is 0.455. The zero-order valence-corrected chi connectivity index (χ0v) is 17.8. The number of imide groups is 1. The van der Waals surface area contributed by atoms with Crippen molar-refractivity contribution in [1.29, 1.82) is 0 Å². The van der Waals surface area contributed by atoms with Crippen LogP contribution in [0, 0.1) is 6.92 Å². The van der Waals surface area contributed by atoms with E-state index in [2.05, 4.69) is 15.6 Å². The van der Waals surface area contributed by atoms with Crippen LogP contribution in [-0.4, -0.2) is 39.8 Å². The number of nitrogens with one attached hydrogen (secondary N) is 2. The van der Waals surface area contributed by atoms with E-state index >= 15 is 0 Å². The molecule has 1 atom stereocenters. The molecule has 3 heterocycles. The van der Waals surface area contributed by atoms with Gasteiger partial charge in [-0.25, -0.2) is 4.79 Å². The molecule has 2 aromatic heterocycles. The number of aryl methyl sites for hydroxylation is 1. The van der Waals surface area contributed by atoms with E-state index in [9.17, 15) is 14.4 Å². The summed E-state index contributed by atoms with van der Waals surface area (Å²) < 4.78 is 0. The summed E-state index contributed by atoms with van der Waals surface area (Å²) in [6.45, 7) is 1.68.